The Bertz CT molecular complexity index is 785. The van der Waals surface area contributed by atoms with Crippen molar-refractivity contribution in [3.8, 4) is 11.5 Å². The van der Waals surface area contributed by atoms with Crippen molar-refractivity contribution in [2.75, 3.05) is 7.11 Å². The van der Waals surface area contributed by atoms with Gasteiger partial charge in [0, 0.05) is 6.42 Å². The summed E-state index contributed by atoms with van der Waals surface area (Å²) in [7, 11) is 1.63. The monoisotopic (exact) mass is 385 g/mol. The first-order valence-electron chi connectivity index (χ1n) is 9.93. The van der Waals surface area contributed by atoms with E-state index in [0.29, 0.717) is 18.6 Å². The van der Waals surface area contributed by atoms with E-state index in [4.69, 9.17) is 9.47 Å². The molecule has 5 heteroatoms. The zero-order valence-corrected chi connectivity index (χ0v) is 16.5. The Kier molecular flexibility index (Phi) is 6.90. The first-order valence-corrected chi connectivity index (χ1v) is 9.93. The number of rotatable bonds is 8. The molecule has 1 N–H and O–H groups in total. The molecular formula is C23H28FNO3. The van der Waals surface area contributed by atoms with Gasteiger partial charge in [-0.05, 0) is 74.4 Å². The SMILES string of the molecule is COc1cc(C(C)NC(=O)CCc2ccc(F)cc2)ccc1OC1CCCC1. The average molecular weight is 385 g/mol. The third-order valence-electron chi connectivity index (χ3n) is 5.22. The predicted molar refractivity (Wildman–Crippen MR) is 107 cm³/mol. The van der Waals surface area contributed by atoms with Gasteiger partial charge in [0.1, 0.15) is 5.82 Å². The van der Waals surface area contributed by atoms with Crippen LogP contribution < -0.4 is 14.8 Å². The molecule has 0 bridgehead atoms. The molecule has 1 atom stereocenters. The molecule has 0 radical (unpaired) electrons. The van der Waals surface area contributed by atoms with Crippen LogP contribution in [0.15, 0.2) is 42.5 Å². The number of hydrogen-bond acceptors (Lipinski definition) is 3. The standard InChI is InChI=1S/C23H28FNO3/c1-16(25-23(26)14-9-17-7-11-19(24)12-8-17)18-10-13-21(22(15-18)27-2)28-20-5-3-4-6-20/h7-8,10-13,15-16,20H,3-6,9,14H2,1-2H3,(H,25,26). The Labute approximate surface area is 166 Å². The molecular weight excluding hydrogens is 357 g/mol. The summed E-state index contributed by atoms with van der Waals surface area (Å²) in [4.78, 5) is 12.3. The van der Waals surface area contributed by atoms with Gasteiger partial charge in [-0.1, -0.05) is 18.2 Å². The second-order valence-electron chi connectivity index (χ2n) is 7.35. The van der Waals surface area contributed by atoms with Gasteiger partial charge in [0.05, 0.1) is 19.3 Å². The summed E-state index contributed by atoms with van der Waals surface area (Å²) in [6.07, 6.45) is 5.81. The molecule has 4 nitrogen and oxygen atoms in total. The van der Waals surface area contributed by atoms with Crippen LogP contribution in [0.1, 0.15) is 56.2 Å². The molecule has 1 amide bonds. The number of halogens is 1. The van der Waals surface area contributed by atoms with Crippen LogP contribution in [0.2, 0.25) is 0 Å². The quantitative estimate of drug-likeness (QED) is 0.698. The lowest BCUT2D eigenvalue weighted by molar-refractivity contribution is -0.121. The molecule has 0 saturated heterocycles. The van der Waals surface area contributed by atoms with Crippen molar-refractivity contribution in [1.82, 2.24) is 5.32 Å². The lowest BCUT2D eigenvalue weighted by Gasteiger charge is -2.19. The lowest BCUT2D eigenvalue weighted by atomic mass is 10.1. The van der Waals surface area contributed by atoms with E-state index in [1.165, 1.54) is 25.0 Å². The van der Waals surface area contributed by atoms with Crippen LogP contribution in [0.3, 0.4) is 0 Å². The third kappa shape index (κ3) is 5.47. The summed E-state index contributed by atoms with van der Waals surface area (Å²) in [5.41, 5.74) is 1.91. The largest absolute Gasteiger partial charge is 0.493 e. The van der Waals surface area contributed by atoms with Crippen molar-refractivity contribution >= 4 is 5.91 Å². The zero-order valence-electron chi connectivity index (χ0n) is 16.5. The number of amides is 1. The highest BCUT2D eigenvalue weighted by atomic mass is 19.1. The molecule has 0 aliphatic heterocycles. The highest BCUT2D eigenvalue weighted by Crippen LogP contribution is 2.33. The van der Waals surface area contributed by atoms with E-state index in [1.54, 1.807) is 19.2 Å². The molecule has 0 aromatic heterocycles. The summed E-state index contributed by atoms with van der Waals surface area (Å²) in [6.45, 7) is 1.95. The van der Waals surface area contributed by atoms with Gasteiger partial charge in [-0.25, -0.2) is 4.39 Å². The van der Waals surface area contributed by atoms with Gasteiger partial charge >= 0.3 is 0 Å². The second kappa shape index (κ2) is 9.58. The van der Waals surface area contributed by atoms with Crippen LogP contribution >= 0.6 is 0 Å². The topological polar surface area (TPSA) is 47.6 Å². The Hall–Kier alpha value is -2.56. The van der Waals surface area contributed by atoms with Crippen molar-refractivity contribution in [2.45, 2.75) is 57.6 Å². The van der Waals surface area contributed by atoms with E-state index in [2.05, 4.69) is 5.32 Å². The number of benzene rings is 2. The summed E-state index contributed by atoms with van der Waals surface area (Å²) in [6, 6.07) is 11.9. The van der Waals surface area contributed by atoms with Gasteiger partial charge in [0.2, 0.25) is 5.91 Å². The minimum absolute atomic E-state index is 0.0397. The fourth-order valence-corrected chi connectivity index (χ4v) is 3.54. The van der Waals surface area contributed by atoms with E-state index < -0.39 is 0 Å². The second-order valence-corrected chi connectivity index (χ2v) is 7.35. The van der Waals surface area contributed by atoms with Crippen LogP contribution in [0, 0.1) is 5.82 Å². The molecule has 1 unspecified atom stereocenters. The van der Waals surface area contributed by atoms with Crippen molar-refractivity contribution in [3.63, 3.8) is 0 Å². The smallest absolute Gasteiger partial charge is 0.220 e. The summed E-state index contributed by atoms with van der Waals surface area (Å²) >= 11 is 0. The van der Waals surface area contributed by atoms with Gasteiger partial charge in [0.15, 0.2) is 11.5 Å². The predicted octanol–water partition coefficient (Wildman–Crippen LogP) is 4.97. The molecule has 28 heavy (non-hydrogen) atoms. The average Bonchev–Trinajstić information content (AvgIpc) is 3.21. The Morgan fingerprint density at radius 2 is 1.86 bits per heavy atom. The number of methoxy groups -OCH3 is 1. The number of aryl methyl sites for hydroxylation is 1. The minimum atomic E-state index is -0.267. The van der Waals surface area contributed by atoms with Crippen molar-refractivity contribution in [3.05, 3.63) is 59.4 Å². The number of carbonyl (C=O) groups excluding carboxylic acids is 1. The maximum Gasteiger partial charge on any atom is 0.220 e. The summed E-state index contributed by atoms with van der Waals surface area (Å²) in [5, 5.41) is 3.01. The fourth-order valence-electron chi connectivity index (χ4n) is 3.54. The molecule has 1 aliphatic rings. The van der Waals surface area contributed by atoms with Crippen LogP contribution in [-0.2, 0) is 11.2 Å². The maximum absolute atomic E-state index is 13.0. The molecule has 2 aromatic carbocycles. The molecule has 2 aromatic rings. The Balaban J connectivity index is 1.55. The number of carbonyl (C=O) groups is 1. The lowest BCUT2D eigenvalue weighted by Crippen LogP contribution is -2.26. The molecule has 3 rings (SSSR count). The molecule has 1 saturated carbocycles. The van der Waals surface area contributed by atoms with E-state index in [0.717, 1.165) is 29.7 Å². The van der Waals surface area contributed by atoms with Crippen molar-refractivity contribution in [1.29, 1.82) is 0 Å². The first kappa shape index (κ1) is 20.2. The van der Waals surface area contributed by atoms with Gasteiger partial charge in [-0.3, -0.25) is 4.79 Å². The Morgan fingerprint density at radius 1 is 1.14 bits per heavy atom. The molecule has 0 heterocycles. The van der Waals surface area contributed by atoms with E-state index in [1.807, 2.05) is 25.1 Å². The van der Waals surface area contributed by atoms with Crippen LogP contribution in [0.5, 0.6) is 11.5 Å². The van der Waals surface area contributed by atoms with E-state index in [9.17, 15) is 9.18 Å². The van der Waals surface area contributed by atoms with Crippen molar-refractivity contribution < 1.29 is 18.7 Å². The molecule has 0 spiro atoms. The van der Waals surface area contributed by atoms with Crippen molar-refractivity contribution in [2.24, 2.45) is 0 Å². The van der Waals surface area contributed by atoms with Crippen LogP contribution in [0.25, 0.3) is 0 Å². The summed E-state index contributed by atoms with van der Waals surface area (Å²) in [5.74, 6) is 1.14. The number of hydrogen-bond donors (Lipinski definition) is 1. The number of nitrogens with one attached hydrogen (secondary N) is 1. The molecule has 1 fully saturated rings. The maximum atomic E-state index is 13.0. The van der Waals surface area contributed by atoms with E-state index in [-0.39, 0.29) is 23.9 Å². The highest BCUT2D eigenvalue weighted by Gasteiger charge is 2.19. The normalized spacial score (nSPS) is 15.2. The van der Waals surface area contributed by atoms with E-state index >= 15 is 0 Å². The van der Waals surface area contributed by atoms with Gasteiger partial charge in [-0.15, -0.1) is 0 Å². The Morgan fingerprint density at radius 3 is 2.54 bits per heavy atom. The molecule has 150 valence electrons. The summed E-state index contributed by atoms with van der Waals surface area (Å²) < 4.78 is 24.5. The highest BCUT2D eigenvalue weighted by molar-refractivity contribution is 5.76. The zero-order chi connectivity index (χ0) is 19.9. The third-order valence-corrected chi connectivity index (χ3v) is 5.22. The molecule has 1 aliphatic carbocycles. The van der Waals surface area contributed by atoms with Gasteiger partial charge < -0.3 is 14.8 Å². The first-order chi connectivity index (χ1) is 13.5. The van der Waals surface area contributed by atoms with Gasteiger partial charge in [0.25, 0.3) is 0 Å². The number of ether oxygens (including phenoxy) is 2. The van der Waals surface area contributed by atoms with Gasteiger partial charge in [-0.2, -0.15) is 0 Å². The van der Waals surface area contributed by atoms with Crippen LogP contribution in [0.4, 0.5) is 4.39 Å². The fraction of sp³-hybridized carbons (Fsp3) is 0.435. The minimum Gasteiger partial charge on any atom is -0.493 e. The van der Waals surface area contributed by atoms with Crippen LogP contribution in [-0.4, -0.2) is 19.1 Å².